The first-order chi connectivity index (χ1) is 11.7. The van der Waals surface area contributed by atoms with Crippen molar-refractivity contribution in [3.8, 4) is 11.1 Å². The minimum Gasteiger partial charge on any atom is -0.461 e. The van der Waals surface area contributed by atoms with E-state index in [9.17, 15) is 9.18 Å². The van der Waals surface area contributed by atoms with Gasteiger partial charge in [0.2, 0.25) is 5.89 Å². The van der Waals surface area contributed by atoms with Crippen molar-refractivity contribution < 1.29 is 18.3 Å². The van der Waals surface area contributed by atoms with Crippen LogP contribution in [0.2, 0.25) is 0 Å². The van der Waals surface area contributed by atoms with Crippen LogP contribution in [0, 0.1) is 5.82 Å². The lowest BCUT2D eigenvalue weighted by molar-refractivity contribution is 0.0519. The number of benzene rings is 1. The average Bonchev–Trinajstić information content (AvgIpc) is 3.05. The minimum atomic E-state index is -0.507. The standard InChI is InChI=1S/C18H15FN2O3/c1-2-23-18(22)16-11-24-17(21-16)9-15-8-5-13(10-20-15)12-3-6-14(19)7-4-12/h3-8,10-11H,2,9H2,1H3. The summed E-state index contributed by atoms with van der Waals surface area (Å²) in [6.07, 6.45) is 3.35. The van der Waals surface area contributed by atoms with Gasteiger partial charge in [0.1, 0.15) is 12.1 Å². The SMILES string of the molecule is CCOC(=O)c1coc(Cc2ccc(-c3ccc(F)cc3)cn2)n1. The molecule has 2 heterocycles. The highest BCUT2D eigenvalue weighted by Crippen LogP contribution is 2.19. The lowest BCUT2D eigenvalue weighted by Crippen LogP contribution is -2.05. The topological polar surface area (TPSA) is 65.2 Å². The van der Waals surface area contributed by atoms with Crippen LogP contribution in [0.3, 0.4) is 0 Å². The summed E-state index contributed by atoms with van der Waals surface area (Å²) in [5.74, 6) is -0.392. The van der Waals surface area contributed by atoms with Crippen molar-refractivity contribution in [1.82, 2.24) is 9.97 Å². The number of carbonyl (C=O) groups is 1. The molecule has 3 aromatic rings. The van der Waals surface area contributed by atoms with Gasteiger partial charge >= 0.3 is 5.97 Å². The van der Waals surface area contributed by atoms with Crippen LogP contribution < -0.4 is 0 Å². The normalized spacial score (nSPS) is 10.6. The van der Waals surface area contributed by atoms with E-state index in [1.807, 2.05) is 12.1 Å². The molecule has 0 radical (unpaired) electrons. The van der Waals surface area contributed by atoms with E-state index < -0.39 is 5.97 Å². The number of hydrogen-bond donors (Lipinski definition) is 0. The second-order valence-corrected chi connectivity index (χ2v) is 5.07. The van der Waals surface area contributed by atoms with Gasteiger partial charge in [-0.2, -0.15) is 0 Å². The van der Waals surface area contributed by atoms with Crippen molar-refractivity contribution in [2.75, 3.05) is 6.61 Å². The summed E-state index contributed by atoms with van der Waals surface area (Å²) in [6.45, 7) is 2.01. The lowest BCUT2D eigenvalue weighted by Gasteiger charge is -2.02. The number of nitrogens with zero attached hydrogens (tertiary/aromatic N) is 2. The molecule has 0 aliphatic rings. The number of esters is 1. The third-order valence-corrected chi connectivity index (χ3v) is 3.37. The van der Waals surface area contributed by atoms with Crippen molar-refractivity contribution >= 4 is 5.97 Å². The average molecular weight is 326 g/mol. The van der Waals surface area contributed by atoms with Gasteiger partial charge in [-0.1, -0.05) is 18.2 Å². The summed E-state index contributed by atoms with van der Waals surface area (Å²) >= 11 is 0. The molecule has 0 saturated carbocycles. The third kappa shape index (κ3) is 3.65. The molecule has 24 heavy (non-hydrogen) atoms. The van der Waals surface area contributed by atoms with Crippen molar-refractivity contribution in [3.63, 3.8) is 0 Å². The van der Waals surface area contributed by atoms with Crippen molar-refractivity contribution in [3.05, 3.63) is 72.0 Å². The molecular weight excluding hydrogens is 311 g/mol. The molecule has 0 bridgehead atoms. The van der Waals surface area contributed by atoms with Crippen LogP contribution in [-0.4, -0.2) is 22.5 Å². The van der Waals surface area contributed by atoms with Crippen molar-refractivity contribution in [2.24, 2.45) is 0 Å². The molecule has 2 aromatic heterocycles. The Hall–Kier alpha value is -3.02. The van der Waals surface area contributed by atoms with Crippen LogP contribution in [0.25, 0.3) is 11.1 Å². The van der Waals surface area contributed by atoms with Crippen LogP contribution in [0.5, 0.6) is 0 Å². The second-order valence-electron chi connectivity index (χ2n) is 5.07. The third-order valence-electron chi connectivity index (χ3n) is 3.37. The first kappa shape index (κ1) is 15.9. The molecule has 6 heteroatoms. The van der Waals surface area contributed by atoms with Crippen LogP contribution in [-0.2, 0) is 11.2 Å². The number of hydrogen-bond acceptors (Lipinski definition) is 5. The Bertz CT molecular complexity index is 826. The van der Waals surface area contributed by atoms with Gasteiger partial charge in [0, 0.05) is 17.5 Å². The Labute approximate surface area is 138 Å². The molecule has 0 aliphatic carbocycles. The lowest BCUT2D eigenvalue weighted by atomic mass is 10.1. The van der Waals surface area contributed by atoms with E-state index in [0.717, 1.165) is 16.8 Å². The van der Waals surface area contributed by atoms with Gasteiger partial charge < -0.3 is 9.15 Å². The molecule has 0 N–H and O–H groups in total. The predicted molar refractivity (Wildman–Crippen MR) is 84.9 cm³/mol. The summed E-state index contributed by atoms with van der Waals surface area (Å²) in [7, 11) is 0. The molecule has 122 valence electrons. The minimum absolute atomic E-state index is 0.148. The van der Waals surface area contributed by atoms with E-state index in [-0.39, 0.29) is 18.1 Å². The van der Waals surface area contributed by atoms with Gasteiger partial charge in [-0.3, -0.25) is 4.98 Å². The Morgan fingerprint density at radius 1 is 1.17 bits per heavy atom. The molecule has 1 aromatic carbocycles. The first-order valence-corrected chi connectivity index (χ1v) is 7.48. The van der Waals surface area contributed by atoms with E-state index in [2.05, 4.69) is 9.97 Å². The van der Waals surface area contributed by atoms with E-state index in [0.29, 0.717) is 12.3 Å². The Morgan fingerprint density at radius 2 is 1.92 bits per heavy atom. The molecule has 0 fully saturated rings. The van der Waals surface area contributed by atoms with Gasteiger partial charge in [-0.15, -0.1) is 0 Å². The highest BCUT2D eigenvalue weighted by molar-refractivity contribution is 5.86. The number of carbonyl (C=O) groups excluding carboxylic acids is 1. The fourth-order valence-electron chi connectivity index (χ4n) is 2.19. The summed E-state index contributed by atoms with van der Waals surface area (Å²) in [5.41, 5.74) is 2.67. The van der Waals surface area contributed by atoms with E-state index in [1.54, 1.807) is 25.3 Å². The highest BCUT2D eigenvalue weighted by atomic mass is 19.1. The van der Waals surface area contributed by atoms with Gasteiger partial charge in [0.15, 0.2) is 5.69 Å². The maximum absolute atomic E-state index is 13.0. The molecular formula is C18H15FN2O3. The molecule has 0 unspecified atom stereocenters. The Kier molecular flexibility index (Phi) is 4.65. The number of halogens is 1. The van der Waals surface area contributed by atoms with E-state index in [1.165, 1.54) is 18.4 Å². The number of rotatable bonds is 5. The second kappa shape index (κ2) is 7.04. The summed E-state index contributed by atoms with van der Waals surface area (Å²) in [5, 5.41) is 0. The zero-order chi connectivity index (χ0) is 16.9. The molecule has 3 rings (SSSR count). The summed E-state index contributed by atoms with van der Waals surface area (Å²) in [6, 6.07) is 9.95. The Morgan fingerprint density at radius 3 is 2.58 bits per heavy atom. The molecule has 0 aliphatic heterocycles. The predicted octanol–water partition coefficient (Wildman–Crippen LogP) is 3.64. The number of ether oxygens (including phenoxy) is 1. The van der Waals surface area contributed by atoms with Gasteiger partial charge in [-0.05, 0) is 30.7 Å². The quantitative estimate of drug-likeness (QED) is 0.670. The van der Waals surface area contributed by atoms with Crippen molar-refractivity contribution in [1.29, 1.82) is 0 Å². The van der Waals surface area contributed by atoms with Crippen LogP contribution in [0.1, 0.15) is 29.0 Å². The van der Waals surface area contributed by atoms with Crippen LogP contribution in [0.15, 0.2) is 53.3 Å². The Balaban J connectivity index is 1.70. The molecule has 0 amide bonds. The van der Waals surface area contributed by atoms with Gasteiger partial charge in [0.25, 0.3) is 0 Å². The first-order valence-electron chi connectivity index (χ1n) is 7.48. The molecule has 5 nitrogen and oxygen atoms in total. The van der Waals surface area contributed by atoms with Crippen LogP contribution in [0.4, 0.5) is 4.39 Å². The fraction of sp³-hybridized carbons (Fsp3) is 0.167. The maximum atomic E-state index is 13.0. The van der Waals surface area contributed by atoms with E-state index in [4.69, 9.17) is 9.15 Å². The van der Waals surface area contributed by atoms with Crippen molar-refractivity contribution in [2.45, 2.75) is 13.3 Å². The monoisotopic (exact) mass is 326 g/mol. The fourth-order valence-corrected chi connectivity index (χ4v) is 2.19. The van der Waals surface area contributed by atoms with Gasteiger partial charge in [0.05, 0.1) is 13.0 Å². The number of oxazole rings is 1. The zero-order valence-corrected chi connectivity index (χ0v) is 13.0. The summed E-state index contributed by atoms with van der Waals surface area (Å²) < 4.78 is 23.1. The largest absolute Gasteiger partial charge is 0.461 e. The maximum Gasteiger partial charge on any atom is 0.360 e. The molecule has 0 atom stereocenters. The zero-order valence-electron chi connectivity index (χ0n) is 13.0. The van der Waals surface area contributed by atoms with E-state index >= 15 is 0 Å². The van der Waals surface area contributed by atoms with Crippen LogP contribution >= 0.6 is 0 Å². The van der Waals surface area contributed by atoms with Gasteiger partial charge in [-0.25, -0.2) is 14.2 Å². The molecule has 0 saturated heterocycles. The smallest absolute Gasteiger partial charge is 0.360 e. The summed E-state index contributed by atoms with van der Waals surface area (Å²) in [4.78, 5) is 20.0. The number of aromatic nitrogens is 2. The number of pyridine rings is 1. The molecule has 0 spiro atoms. The highest BCUT2D eigenvalue weighted by Gasteiger charge is 2.13.